The zero-order valence-electron chi connectivity index (χ0n) is 9.54. The highest BCUT2D eigenvalue weighted by atomic mass is 32.2. The van der Waals surface area contributed by atoms with Crippen LogP contribution in [0.2, 0.25) is 0 Å². The molecule has 2 heterocycles. The lowest BCUT2D eigenvalue weighted by Gasteiger charge is -2.21. The Morgan fingerprint density at radius 1 is 1.31 bits per heavy atom. The van der Waals surface area contributed by atoms with Crippen LogP contribution in [0.1, 0.15) is 17.5 Å². The van der Waals surface area contributed by atoms with E-state index in [-0.39, 0.29) is 0 Å². The van der Waals surface area contributed by atoms with E-state index in [2.05, 4.69) is 17.0 Å². The Balaban J connectivity index is 1.94. The highest BCUT2D eigenvalue weighted by Crippen LogP contribution is 2.42. The third kappa shape index (κ3) is 1.62. The van der Waals surface area contributed by atoms with Gasteiger partial charge in [0.2, 0.25) is 0 Å². The maximum atomic E-state index is 5.61. The molecule has 0 fully saturated rings. The van der Waals surface area contributed by atoms with Crippen molar-refractivity contribution in [2.75, 3.05) is 30.3 Å². The number of rotatable bonds is 3. The van der Waals surface area contributed by atoms with Crippen LogP contribution in [-0.2, 0) is 12.8 Å². The Morgan fingerprint density at radius 2 is 2.25 bits per heavy atom. The van der Waals surface area contributed by atoms with E-state index < -0.39 is 0 Å². The molecule has 16 heavy (non-hydrogen) atoms. The van der Waals surface area contributed by atoms with Crippen LogP contribution >= 0.6 is 11.8 Å². The Kier molecular flexibility index (Phi) is 2.82. The summed E-state index contributed by atoms with van der Waals surface area (Å²) < 4.78 is 0. The van der Waals surface area contributed by atoms with E-state index in [1.807, 2.05) is 11.8 Å². The van der Waals surface area contributed by atoms with E-state index in [0.717, 1.165) is 19.5 Å². The van der Waals surface area contributed by atoms with E-state index in [0.29, 0.717) is 0 Å². The molecule has 3 heteroatoms. The zero-order chi connectivity index (χ0) is 11.0. The Labute approximate surface area is 101 Å². The lowest BCUT2D eigenvalue weighted by Crippen LogP contribution is -2.24. The molecule has 0 bridgehead atoms. The lowest BCUT2D eigenvalue weighted by atomic mass is 10.1. The second-order valence-corrected chi connectivity index (χ2v) is 5.66. The SMILES string of the molecule is NCCCN1CCc2ccc3c(c21)CCS3. The molecule has 2 aliphatic rings. The summed E-state index contributed by atoms with van der Waals surface area (Å²) in [6.45, 7) is 3.12. The first-order valence-electron chi connectivity index (χ1n) is 6.12. The minimum absolute atomic E-state index is 0.801. The van der Waals surface area contributed by atoms with Gasteiger partial charge in [-0.25, -0.2) is 0 Å². The molecule has 1 aromatic carbocycles. The maximum Gasteiger partial charge on any atom is 0.0443 e. The Hall–Kier alpha value is -0.670. The molecule has 2 nitrogen and oxygen atoms in total. The Bertz CT molecular complexity index is 403. The monoisotopic (exact) mass is 234 g/mol. The van der Waals surface area contributed by atoms with Gasteiger partial charge in [0.05, 0.1) is 0 Å². The molecule has 1 aromatic rings. The van der Waals surface area contributed by atoms with E-state index >= 15 is 0 Å². The molecule has 0 saturated heterocycles. The van der Waals surface area contributed by atoms with E-state index in [1.165, 1.54) is 30.0 Å². The maximum absolute atomic E-state index is 5.61. The molecule has 0 saturated carbocycles. The normalized spacial score (nSPS) is 17.7. The molecule has 0 spiro atoms. The highest BCUT2D eigenvalue weighted by Gasteiger charge is 2.26. The molecule has 0 atom stereocenters. The summed E-state index contributed by atoms with van der Waals surface area (Å²) in [6, 6.07) is 4.65. The molecule has 0 unspecified atom stereocenters. The molecular formula is C13H18N2S. The lowest BCUT2D eigenvalue weighted by molar-refractivity contribution is 0.756. The average molecular weight is 234 g/mol. The van der Waals surface area contributed by atoms with Crippen LogP contribution < -0.4 is 10.6 Å². The quantitative estimate of drug-likeness (QED) is 0.868. The summed E-state index contributed by atoms with van der Waals surface area (Å²) >= 11 is 2.01. The van der Waals surface area contributed by atoms with Crippen LogP contribution in [0.3, 0.4) is 0 Å². The number of fused-ring (bicyclic) bond motifs is 3. The van der Waals surface area contributed by atoms with Gasteiger partial charge in [-0.1, -0.05) is 6.07 Å². The van der Waals surface area contributed by atoms with Gasteiger partial charge in [-0.15, -0.1) is 11.8 Å². The zero-order valence-corrected chi connectivity index (χ0v) is 10.4. The van der Waals surface area contributed by atoms with Gasteiger partial charge in [-0.2, -0.15) is 0 Å². The summed E-state index contributed by atoms with van der Waals surface area (Å²) in [5.74, 6) is 1.26. The fourth-order valence-corrected chi connectivity index (χ4v) is 3.84. The van der Waals surface area contributed by atoms with Crippen LogP contribution in [0.5, 0.6) is 0 Å². The van der Waals surface area contributed by atoms with Gasteiger partial charge in [0.25, 0.3) is 0 Å². The number of nitrogens with zero attached hydrogens (tertiary/aromatic N) is 1. The highest BCUT2D eigenvalue weighted by molar-refractivity contribution is 7.99. The Morgan fingerprint density at radius 3 is 3.12 bits per heavy atom. The summed E-state index contributed by atoms with van der Waals surface area (Å²) in [5.41, 5.74) is 10.3. The van der Waals surface area contributed by atoms with E-state index in [9.17, 15) is 0 Å². The van der Waals surface area contributed by atoms with Crippen LogP contribution in [0, 0.1) is 0 Å². The smallest absolute Gasteiger partial charge is 0.0443 e. The van der Waals surface area contributed by atoms with Crippen molar-refractivity contribution in [3.63, 3.8) is 0 Å². The molecule has 3 rings (SSSR count). The summed E-state index contributed by atoms with van der Waals surface area (Å²) in [4.78, 5) is 4.06. The summed E-state index contributed by atoms with van der Waals surface area (Å²) in [5, 5.41) is 0. The molecule has 0 aromatic heterocycles. The van der Waals surface area contributed by atoms with E-state index in [4.69, 9.17) is 5.73 Å². The van der Waals surface area contributed by atoms with Crippen LogP contribution in [0.25, 0.3) is 0 Å². The number of nitrogens with two attached hydrogens (primary N) is 1. The molecule has 2 aliphatic heterocycles. The summed E-state index contributed by atoms with van der Waals surface area (Å²) in [7, 11) is 0. The van der Waals surface area contributed by atoms with Crippen molar-refractivity contribution in [2.24, 2.45) is 5.73 Å². The molecule has 2 N–H and O–H groups in total. The van der Waals surface area contributed by atoms with Gasteiger partial charge in [-0.05, 0) is 43.0 Å². The van der Waals surface area contributed by atoms with Gasteiger partial charge in [-0.3, -0.25) is 0 Å². The van der Waals surface area contributed by atoms with Gasteiger partial charge in [0.1, 0.15) is 0 Å². The number of benzene rings is 1. The van der Waals surface area contributed by atoms with Crippen molar-refractivity contribution < 1.29 is 0 Å². The van der Waals surface area contributed by atoms with Crippen molar-refractivity contribution >= 4 is 17.4 Å². The first kappa shape index (κ1) is 10.5. The van der Waals surface area contributed by atoms with Crippen molar-refractivity contribution in [1.82, 2.24) is 0 Å². The average Bonchev–Trinajstić information content (AvgIpc) is 2.91. The van der Waals surface area contributed by atoms with Crippen molar-refractivity contribution in [2.45, 2.75) is 24.2 Å². The second-order valence-electron chi connectivity index (χ2n) is 4.53. The van der Waals surface area contributed by atoms with Gasteiger partial charge < -0.3 is 10.6 Å². The number of hydrogen-bond donors (Lipinski definition) is 1. The predicted octanol–water partition coefficient (Wildman–Crippen LogP) is 2.05. The van der Waals surface area contributed by atoms with Crippen LogP contribution in [0.15, 0.2) is 17.0 Å². The first-order valence-corrected chi connectivity index (χ1v) is 7.11. The number of hydrogen-bond acceptors (Lipinski definition) is 3. The fourth-order valence-electron chi connectivity index (χ4n) is 2.77. The third-order valence-electron chi connectivity index (χ3n) is 3.53. The van der Waals surface area contributed by atoms with Gasteiger partial charge in [0, 0.05) is 29.4 Å². The van der Waals surface area contributed by atoms with Crippen LogP contribution in [-0.4, -0.2) is 25.4 Å². The standard InChI is InChI=1S/C13H18N2S/c14-6-1-7-15-8-4-10-2-3-12-11(13(10)15)5-9-16-12/h2-3H,1,4-9,14H2. The molecule has 0 aliphatic carbocycles. The molecular weight excluding hydrogens is 216 g/mol. The topological polar surface area (TPSA) is 29.3 Å². The molecule has 86 valence electrons. The minimum Gasteiger partial charge on any atom is -0.371 e. The first-order chi connectivity index (χ1) is 7.90. The second kappa shape index (κ2) is 4.30. The van der Waals surface area contributed by atoms with E-state index in [1.54, 1.807) is 16.8 Å². The van der Waals surface area contributed by atoms with Gasteiger partial charge in [0.15, 0.2) is 0 Å². The summed E-state index contributed by atoms with van der Waals surface area (Å²) in [6.07, 6.45) is 3.58. The predicted molar refractivity (Wildman–Crippen MR) is 70.5 cm³/mol. The van der Waals surface area contributed by atoms with Crippen molar-refractivity contribution in [1.29, 1.82) is 0 Å². The van der Waals surface area contributed by atoms with Crippen molar-refractivity contribution in [3.05, 3.63) is 23.3 Å². The van der Waals surface area contributed by atoms with Crippen molar-refractivity contribution in [3.8, 4) is 0 Å². The van der Waals surface area contributed by atoms with Gasteiger partial charge >= 0.3 is 0 Å². The fraction of sp³-hybridized carbons (Fsp3) is 0.538. The largest absolute Gasteiger partial charge is 0.371 e. The molecule has 0 amide bonds. The number of anilines is 1. The minimum atomic E-state index is 0.801. The molecule has 0 radical (unpaired) electrons. The number of thioether (sulfide) groups is 1. The van der Waals surface area contributed by atoms with Crippen LogP contribution in [0.4, 0.5) is 5.69 Å². The third-order valence-corrected chi connectivity index (χ3v) is 4.63.